The first-order chi connectivity index (χ1) is 9.16. The van der Waals surface area contributed by atoms with Crippen LogP contribution in [-0.4, -0.2) is 37.4 Å². The van der Waals surface area contributed by atoms with Crippen molar-refractivity contribution >= 4 is 11.8 Å². The summed E-state index contributed by atoms with van der Waals surface area (Å²) in [5, 5.41) is 2.25. The molecule has 0 atom stereocenters. The van der Waals surface area contributed by atoms with E-state index in [1.54, 1.807) is 0 Å². The molecule has 8 heteroatoms. The van der Waals surface area contributed by atoms with Crippen molar-refractivity contribution in [2.45, 2.75) is 6.18 Å². The van der Waals surface area contributed by atoms with Crippen LogP contribution < -0.4 is 5.32 Å². The number of halogens is 4. The Morgan fingerprint density at radius 2 is 1.90 bits per heavy atom. The van der Waals surface area contributed by atoms with E-state index < -0.39 is 34.9 Å². The Kier molecular flexibility index (Phi) is 4.69. The van der Waals surface area contributed by atoms with Crippen molar-refractivity contribution in [2.75, 3.05) is 20.6 Å². The summed E-state index contributed by atoms with van der Waals surface area (Å²) in [4.78, 5) is 23.8. The molecule has 0 fully saturated rings. The molecule has 110 valence electrons. The van der Waals surface area contributed by atoms with Crippen LogP contribution in [0.4, 0.5) is 17.6 Å². The molecule has 0 aliphatic carbocycles. The highest BCUT2D eigenvalue weighted by molar-refractivity contribution is 5.96. The number of nitrogens with one attached hydrogen (secondary N) is 1. The second-order valence-corrected chi connectivity index (χ2v) is 4.03. The van der Waals surface area contributed by atoms with Gasteiger partial charge in [-0.15, -0.1) is 0 Å². The van der Waals surface area contributed by atoms with Gasteiger partial charge in [-0.1, -0.05) is 0 Å². The molecule has 0 aliphatic rings. The Morgan fingerprint density at radius 1 is 1.30 bits per heavy atom. The lowest BCUT2D eigenvalue weighted by atomic mass is 10.1. The highest BCUT2D eigenvalue weighted by Gasteiger charge is 2.32. The summed E-state index contributed by atoms with van der Waals surface area (Å²) in [5.41, 5.74) is -1.86. The zero-order valence-corrected chi connectivity index (χ0v) is 10.7. The van der Waals surface area contributed by atoms with Crippen molar-refractivity contribution in [1.82, 2.24) is 10.2 Å². The Bertz CT molecular complexity index is 529. The number of amides is 2. The van der Waals surface area contributed by atoms with Gasteiger partial charge in [-0.2, -0.15) is 13.2 Å². The molecule has 0 bridgehead atoms. The fraction of sp³-hybridized carbons (Fsp3) is 0.333. The maximum Gasteiger partial charge on any atom is 0.416 e. The molecule has 0 aromatic heterocycles. The minimum atomic E-state index is -4.68. The molecule has 0 unspecified atom stereocenters. The van der Waals surface area contributed by atoms with Crippen LogP contribution in [0.1, 0.15) is 15.9 Å². The smallest absolute Gasteiger partial charge is 0.358 e. The van der Waals surface area contributed by atoms with Gasteiger partial charge in [0.05, 0.1) is 17.7 Å². The standard InChI is InChI=1S/C12H12F4N2O2/c1-17-10(19)6-18(2)11(20)8-5-7(12(14,15)16)3-4-9(8)13/h3-5H,6H2,1-2H3,(H,17,19). The van der Waals surface area contributed by atoms with E-state index in [1.807, 2.05) is 0 Å². The summed E-state index contributed by atoms with van der Waals surface area (Å²) in [6.07, 6.45) is -4.68. The van der Waals surface area contributed by atoms with E-state index in [-0.39, 0.29) is 6.54 Å². The molecular weight excluding hydrogens is 280 g/mol. The van der Waals surface area contributed by atoms with Gasteiger partial charge in [-0.25, -0.2) is 4.39 Å². The summed E-state index contributed by atoms with van der Waals surface area (Å²) in [7, 11) is 2.53. The molecule has 1 rings (SSSR count). The van der Waals surface area contributed by atoms with Crippen LogP contribution in [0.2, 0.25) is 0 Å². The maximum atomic E-state index is 13.5. The van der Waals surface area contributed by atoms with Gasteiger partial charge in [0.25, 0.3) is 5.91 Å². The first-order valence-electron chi connectivity index (χ1n) is 5.49. The monoisotopic (exact) mass is 292 g/mol. The van der Waals surface area contributed by atoms with Gasteiger partial charge < -0.3 is 10.2 Å². The lowest BCUT2D eigenvalue weighted by Crippen LogP contribution is -2.37. The molecule has 4 nitrogen and oxygen atoms in total. The van der Waals surface area contributed by atoms with Gasteiger partial charge in [-0.05, 0) is 18.2 Å². The molecule has 20 heavy (non-hydrogen) atoms. The number of likely N-dealkylation sites (N-methyl/N-ethyl adjacent to an activating group) is 2. The number of hydrogen-bond donors (Lipinski definition) is 1. The average molecular weight is 292 g/mol. The summed E-state index contributed by atoms with van der Waals surface area (Å²) < 4.78 is 51.0. The lowest BCUT2D eigenvalue weighted by Gasteiger charge is -2.17. The van der Waals surface area contributed by atoms with Crippen LogP contribution in [0.15, 0.2) is 18.2 Å². The van der Waals surface area contributed by atoms with E-state index in [0.29, 0.717) is 18.2 Å². The van der Waals surface area contributed by atoms with Crippen molar-refractivity contribution < 1.29 is 27.2 Å². The first kappa shape index (κ1) is 15.9. The average Bonchev–Trinajstić information content (AvgIpc) is 2.36. The van der Waals surface area contributed by atoms with Gasteiger partial charge in [-0.3, -0.25) is 9.59 Å². The molecule has 0 saturated carbocycles. The number of hydrogen-bond acceptors (Lipinski definition) is 2. The second-order valence-electron chi connectivity index (χ2n) is 4.03. The fourth-order valence-corrected chi connectivity index (χ4v) is 1.44. The highest BCUT2D eigenvalue weighted by atomic mass is 19.4. The van der Waals surface area contributed by atoms with Gasteiger partial charge in [0, 0.05) is 14.1 Å². The van der Waals surface area contributed by atoms with E-state index in [4.69, 9.17) is 0 Å². The summed E-state index contributed by atoms with van der Waals surface area (Å²) in [5.74, 6) is -2.60. The predicted molar refractivity (Wildman–Crippen MR) is 62.4 cm³/mol. The summed E-state index contributed by atoms with van der Waals surface area (Å²) in [6, 6.07) is 1.55. The number of carbonyl (C=O) groups is 2. The number of alkyl halides is 3. The van der Waals surface area contributed by atoms with Gasteiger partial charge in [0.15, 0.2) is 0 Å². The van der Waals surface area contributed by atoms with Crippen molar-refractivity contribution in [1.29, 1.82) is 0 Å². The minimum absolute atomic E-state index is 0.384. The van der Waals surface area contributed by atoms with E-state index in [1.165, 1.54) is 14.1 Å². The quantitative estimate of drug-likeness (QED) is 0.861. The van der Waals surface area contributed by atoms with Crippen LogP contribution in [0.25, 0.3) is 0 Å². The predicted octanol–water partition coefficient (Wildman–Crippen LogP) is 1.66. The Balaban J connectivity index is 3.06. The molecule has 2 amide bonds. The highest BCUT2D eigenvalue weighted by Crippen LogP contribution is 2.30. The number of carbonyl (C=O) groups excluding carboxylic acids is 2. The van der Waals surface area contributed by atoms with Gasteiger partial charge in [0.2, 0.25) is 5.91 Å². The van der Waals surface area contributed by atoms with E-state index in [9.17, 15) is 27.2 Å². The van der Waals surface area contributed by atoms with E-state index in [0.717, 1.165) is 4.90 Å². The molecule has 0 saturated heterocycles. The molecule has 1 aromatic carbocycles. The zero-order chi connectivity index (χ0) is 15.5. The van der Waals surface area contributed by atoms with Crippen LogP contribution >= 0.6 is 0 Å². The van der Waals surface area contributed by atoms with Crippen molar-refractivity contribution in [2.24, 2.45) is 0 Å². The molecule has 1 aromatic rings. The number of rotatable bonds is 3. The third kappa shape index (κ3) is 3.69. The Morgan fingerprint density at radius 3 is 2.40 bits per heavy atom. The Labute approximate surface area is 112 Å². The first-order valence-corrected chi connectivity index (χ1v) is 5.49. The SMILES string of the molecule is CNC(=O)CN(C)C(=O)c1cc(C(F)(F)F)ccc1F. The molecule has 0 radical (unpaired) electrons. The number of nitrogens with zero attached hydrogens (tertiary/aromatic N) is 1. The molecular formula is C12H12F4N2O2. The molecule has 1 N–H and O–H groups in total. The van der Waals surface area contributed by atoms with Crippen LogP contribution in [0.3, 0.4) is 0 Å². The van der Waals surface area contributed by atoms with Gasteiger partial charge >= 0.3 is 6.18 Å². The third-order valence-corrected chi connectivity index (χ3v) is 2.53. The Hall–Kier alpha value is -2.12. The number of benzene rings is 1. The minimum Gasteiger partial charge on any atom is -0.358 e. The molecule has 0 aliphatic heterocycles. The summed E-state index contributed by atoms with van der Waals surface area (Å²) >= 11 is 0. The van der Waals surface area contributed by atoms with Crippen molar-refractivity contribution in [3.8, 4) is 0 Å². The van der Waals surface area contributed by atoms with E-state index >= 15 is 0 Å². The molecule has 0 heterocycles. The van der Waals surface area contributed by atoms with Crippen molar-refractivity contribution in [3.05, 3.63) is 35.1 Å². The van der Waals surface area contributed by atoms with Crippen LogP contribution in [-0.2, 0) is 11.0 Å². The lowest BCUT2D eigenvalue weighted by molar-refractivity contribution is -0.137. The molecule has 0 spiro atoms. The zero-order valence-electron chi connectivity index (χ0n) is 10.7. The third-order valence-electron chi connectivity index (χ3n) is 2.53. The normalized spacial score (nSPS) is 11.1. The fourth-order valence-electron chi connectivity index (χ4n) is 1.44. The maximum absolute atomic E-state index is 13.5. The summed E-state index contributed by atoms with van der Waals surface area (Å²) in [6.45, 7) is -0.384. The van der Waals surface area contributed by atoms with Crippen LogP contribution in [0, 0.1) is 5.82 Å². The largest absolute Gasteiger partial charge is 0.416 e. The van der Waals surface area contributed by atoms with Crippen LogP contribution in [0.5, 0.6) is 0 Å². The topological polar surface area (TPSA) is 49.4 Å². The van der Waals surface area contributed by atoms with Crippen molar-refractivity contribution in [3.63, 3.8) is 0 Å². The van der Waals surface area contributed by atoms with E-state index in [2.05, 4.69) is 5.32 Å². The van der Waals surface area contributed by atoms with Gasteiger partial charge in [0.1, 0.15) is 5.82 Å². The second kappa shape index (κ2) is 5.89.